The van der Waals surface area contributed by atoms with Gasteiger partial charge in [0.15, 0.2) is 0 Å². The molecule has 0 bridgehead atoms. The van der Waals surface area contributed by atoms with E-state index in [1.165, 1.54) is 19.3 Å². The van der Waals surface area contributed by atoms with Crippen LogP contribution in [0.3, 0.4) is 0 Å². The first-order valence-electron chi connectivity index (χ1n) is 5.71. The number of nitrogen functional groups attached to an aromatic ring is 1. The van der Waals surface area contributed by atoms with Gasteiger partial charge in [0.2, 0.25) is 0 Å². The number of Topliss-reactive ketones (excluding diaryl/α,β-unsaturated/α-hetero) is 1. The summed E-state index contributed by atoms with van der Waals surface area (Å²) in [5.41, 5.74) is 7.13. The van der Waals surface area contributed by atoms with E-state index < -0.39 is 0 Å². The summed E-state index contributed by atoms with van der Waals surface area (Å²) < 4.78 is 0. The third kappa shape index (κ3) is 2.76. The van der Waals surface area contributed by atoms with Crippen LogP contribution in [0.15, 0.2) is 18.2 Å². The summed E-state index contributed by atoms with van der Waals surface area (Å²) in [4.78, 5) is 11.8. The molecule has 0 unspecified atom stereocenters. The van der Waals surface area contributed by atoms with Crippen molar-refractivity contribution in [3.63, 3.8) is 0 Å². The van der Waals surface area contributed by atoms with Gasteiger partial charge in [-0.15, -0.1) is 0 Å². The molecule has 1 aliphatic carbocycles. The molecule has 2 rings (SSSR count). The lowest BCUT2D eigenvalue weighted by Gasteiger charge is -2.24. The van der Waals surface area contributed by atoms with Crippen LogP contribution in [-0.2, 0) is 11.2 Å². The maximum atomic E-state index is 11.8. The van der Waals surface area contributed by atoms with E-state index in [1.54, 1.807) is 12.1 Å². The van der Waals surface area contributed by atoms with Crippen LogP contribution in [0.4, 0.5) is 5.69 Å². The number of carbonyl (C=O) groups excluding carboxylic acids is 1. The zero-order chi connectivity index (χ0) is 11.5. The average Bonchev–Trinajstić information content (AvgIpc) is 2.16. The molecule has 0 atom stereocenters. The van der Waals surface area contributed by atoms with Gasteiger partial charge in [-0.1, -0.05) is 36.9 Å². The first-order valence-corrected chi connectivity index (χ1v) is 6.08. The van der Waals surface area contributed by atoms with E-state index in [9.17, 15) is 4.79 Å². The largest absolute Gasteiger partial charge is 0.399 e. The van der Waals surface area contributed by atoms with Crippen molar-refractivity contribution in [1.29, 1.82) is 0 Å². The maximum absolute atomic E-state index is 11.8. The number of anilines is 1. The van der Waals surface area contributed by atoms with E-state index in [1.807, 2.05) is 6.07 Å². The fraction of sp³-hybridized carbons (Fsp3) is 0.462. The minimum atomic E-state index is 0.288. The minimum Gasteiger partial charge on any atom is -0.399 e. The molecule has 1 aromatic rings. The van der Waals surface area contributed by atoms with E-state index in [0.717, 1.165) is 5.56 Å². The number of hydrogen-bond donors (Lipinski definition) is 1. The molecule has 2 N–H and O–H groups in total. The van der Waals surface area contributed by atoms with Crippen LogP contribution in [0.2, 0.25) is 5.02 Å². The second-order valence-corrected chi connectivity index (χ2v) is 4.97. The molecule has 2 nitrogen and oxygen atoms in total. The van der Waals surface area contributed by atoms with Gasteiger partial charge in [-0.25, -0.2) is 0 Å². The van der Waals surface area contributed by atoms with Gasteiger partial charge in [-0.3, -0.25) is 4.79 Å². The van der Waals surface area contributed by atoms with Gasteiger partial charge in [-0.2, -0.15) is 0 Å². The van der Waals surface area contributed by atoms with Crippen molar-refractivity contribution in [1.82, 2.24) is 0 Å². The Morgan fingerprint density at radius 3 is 2.75 bits per heavy atom. The van der Waals surface area contributed by atoms with E-state index >= 15 is 0 Å². The first-order chi connectivity index (χ1) is 7.65. The lowest BCUT2D eigenvalue weighted by molar-refractivity contribution is -0.119. The lowest BCUT2D eigenvalue weighted by atomic mass is 9.81. The number of carbonyl (C=O) groups is 1. The molecule has 0 heterocycles. The molecule has 86 valence electrons. The second kappa shape index (κ2) is 4.88. The summed E-state index contributed by atoms with van der Waals surface area (Å²) in [6.45, 7) is 0. The van der Waals surface area contributed by atoms with Crippen LogP contribution >= 0.6 is 11.6 Å². The van der Waals surface area contributed by atoms with Gasteiger partial charge in [-0.05, 0) is 23.6 Å². The Kier molecular flexibility index (Phi) is 3.49. The third-order valence-corrected chi connectivity index (χ3v) is 3.56. The van der Waals surface area contributed by atoms with Crippen molar-refractivity contribution in [2.75, 3.05) is 5.73 Å². The third-order valence-electron chi connectivity index (χ3n) is 3.21. The second-order valence-electron chi connectivity index (χ2n) is 4.57. The number of rotatable bonds is 4. The first kappa shape index (κ1) is 11.5. The summed E-state index contributed by atoms with van der Waals surface area (Å²) in [6, 6.07) is 5.34. The molecule has 16 heavy (non-hydrogen) atoms. The summed E-state index contributed by atoms with van der Waals surface area (Å²) >= 11 is 6.03. The van der Waals surface area contributed by atoms with Crippen LogP contribution in [-0.4, -0.2) is 5.78 Å². The van der Waals surface area contributed by atoms with Gasteiger partial charge in [0.05, 0.1) is 0 Å². The normalized spacial score (nSPS) is 15.8. The molecule has 0 amide bonds. The molecule has 0 radical (unpaired) electrons. The Morgan fingerprint density at radius 1 is 1.44 bits per heavy atom. The number of benzene rings is 1. The Bertz CT molecular complexity index is 399. The highest BCUT2D eigenvalue weighted by Gasteiger charge is 2.20. The number of hydrogen-bond acceptors (Lipinski definition) is 2. The number of ketones is 1. The van der Waals surface area contributed by atoms with Gasteiger partial charge in [0.25, 0.3) is 0 Å². The molecule has 0 aliphatic heterocycles. The summed E-state index contributed by atoms with van der Waals surface area (Å²) in [5, 5.41) is 0.599. The zero-order valence-electron chi connectivity index (χ0n) is 9.21. The Balaban J connectivity index is 1.94. The van der Waals surface area contributed by atoms with Gasteiger partial charge in [0, 0.05) is 23.6 Å². The standard InChI is InChI=1S/C13H16ClNO/c14-13-8-11(15)5-4-10(13)7-12(16)6-9-2-1-3-9/h4-5,8-9H,1-3,6-7,15H2. The molecule has 1 saturated carbocycles. The SMILES string of the molecule is Nc1ccc(CC(=O)CC2CCC2)c(Cl)c1. The highest BCUT2D eigenvalue weighted by atomic mass is 35.5. The maximum Gasteiger partial charge on any atom is 0.137 e. The fourth-order valence-corrected chi connectivity index (χ4v) is 2.27. The van der Waals surface area contributed by atoms with E-state index in [-0.39, 0.29) is 5.78 Å². The van der Waals surface area contributed by atoms with Crippen LogP contribution in [0.1, 0.15) is 31.2 Å². The van der Waals surface area contributed by atoms with Crippen molar-refractivity contribution >= 4 is 23.1 Å². The van der Waals surface area contributed by atoms with Crippen molar-refractivity contribution in [3.8, 4) is 0 Å². The monoisotopic (exact) mass is 237 g/mol. The van der Waals surface area contributed by atoms with Crippen LogP contribution < -0.4 is 5.73 Å². The van der Waals surface area contributed by atoms with Crippen molar-refractivity contribution < 1.29 is 4.79 Å². The minimum absolute atomic E-state index is 0.288. The zero-order valence-corrected chi connectivity index (χ0v) is 9.96. The van der Waals surface area contributed by atoms with Crippen LogP contribution in [0.25, 0.3) is 0 Å². The van der Waals surface area contributed by atoms with Gasteiger partial charge >= 0.3 is 0 Å². The molecule has 0 spiro atoms. The highest BCUT2D eigenvalue weighted by Crippen LogP contribution is 2.30. The average molecular weight is 238 g/mol. The smallest absolute Gasteiger partial charge is 0.137 e. The van der Waals surface area contributed by atoms with E-state index in [0.29, 0.717) is 29.5 Å². The highest BCUT2D eigenvalue weighted by molar-refractivity contribution is 6.31. The molecule has 1 fully saturated rings. The molecular formula is C13H16ClNO. The predicted molar refractivity (Wildman–Crippen MR) is 66.5 cm³/mol. The summed E-state index contributed by atoms with van der Waals surface area (Å²) in [5.74, 6) is 0.913. The van der Waals surface area contributed by atoms with Crippen molar-refractivity contribution in [2.45, 2.75) is 32.1 Å². The fourth-order valence-electron chi connectivity index (χ4n) is 2.01. The summed E-state index contributed by atoms with van der Waals surface area (Å²) in [6.07, 6.45) is 4.85. The number of halogens is 1. The molecular weight excluding hydrogens is 222 g/mol. The Labute approximate surface area is 101 Å². The molecule has 1 aromatic carbocycles. The quantitative estimate of drug-likeness (QED) is 0.817. The lowest BCUT2D eigenvalue weighted by Crippen LogP contribution is -2.17. The van der Waals surface area contributed by atoms with E-state index in [2.05, 4.69) is 0 Å². The Morgan fingerprint density at radius 2 is 2.19 bits per heavy atom. The molecule has 0 aromatic heterocycles. The molecule has 1 aliphatic rings. The predicted octanol–water partition coefficient (Wildman–Crippen LogP) is 3.22. The topological polar surface area (TPSA) is 43.1 Å². The van der Waals surface area contributed by atoms with Crippen LogP contribution in [0.5, 0.6) is 0 Å². The van der Waals surface area contributed by atoms with Gasteiger partial charge in [0.1, 0.15) is 5.78 Å². The molecule has 0 saturated heterocycles. The van der Waals surface area contributed by atoms with Crippen LogP contribution in [0, 0.1) is 5.92 Å². The van der Waals surface area contributed by atoms with Gasteiger partial charge < -0.3 is 5.73 Å². The molecule has 3 heteroatoms. The van der Waals surface area contributed by atoms with Crippen molar-refractivity contribution in [2.24, 2.45) is 5.92 Å². The van der Waals surface area contributed by atoms with E-state index in [4.69, 9.17) is 17.3 Å². The summed E-state index contributed by atoms with van der Waals surface area (Å²) in [7, 11) is 0. The number of nitrogens with two attached hydrogens (primary N) is 1. The van der Waals surface area contributed by atoms with Crippen molar-refractivity contribution in [3.05, 3.63) is 28.8 Å². The Hall–Kier alpha value is -1.02.